The Morgan fingerprint density at radius 1 is 1.67 bits per heavy atom. The molecule has 0 aromatic rings. The summed E-state index contributed by atoms with van der Waals surface area (Å²) in [5.41, 5.74) is 0. The Morgan fingerprint density at radius 2 is 2.33 bits per heavy atom. The largest absolute Gasteiger partial charge is 0.492 e. The summed E-state index contributed by atoms with van der Waals surface area (Å²) in [4.78, 5) is 0. The number of hydrogen-bond acceptors (Lipinski definition) is 4. The third kappa shape index (κ3) is 1.98. The van der Waals surface area contributed by atoms with Crippen molar-refractivity contribution in [1.29, 1.82) is 0 Å². The van der Waals surface area contributed by atoms with Crippen molar-refractivity contribution in [3.05, 3.63) is 12.3 Å². The average Bonchev–Trinajstić information content (AvgIpc) is 2.04. The molecule has 1 unspecified atom stereocenters. The van der Waals surface area contributed by atoms with Crippen LogP contribution in [0, 0.1) is 0 Å². The number of ether oxygens (including phenoxy) is 2. The van der Waals surface area contributed by atoms with Crippen molar-refractivity contribution in [2.24, 2.45) is 0 Å². The lowest BCUT2D eigenvalue weighted by Crippen LogP contribution is -2.45. The van der Waals surface area contributed by atoms with Crippen LogP contribution in [-0.2, 0) is 9.47 Å². The van der Waals surface area contributed by atoms with Crippen LogP contribution in [0.15, 0.2) is 12.3 Å². The van der Waals surface area contributed by atoms with Crippen LogP contribution in [-0.4, -0.2) is 40.6 Å². The zero-order chi connectivity index (χ0) is 9.14. The minimum atomic E-state index is -0.893. The lowest BCUT2D eigenvalue weighted by Gasteiger charge is -2.31. The van der Waals surface area contributed by atoms with E-state index in [1.807, 2.05) is 0 Å². The van der Waals surface area contributed by atoms with E-state index in [0.29, 0.717) is 0 Å². The van der Waals surface area contributed by atoms with Crippen LogP contribution < -0.4 is 0 Å². The maximum atomic E-state index is 9.51. The maximum Gasteiger partial charge on any atom is 0.162 e. The number of rotatable bonds is 2. The van der Waals surface area contributed by atoms with E-state index in [-0.39, 0.29) is 0 Å². The van der Waals surface area contributed by atoms with Crippen molar-refractivity contribution in [3.8, 4) is 0 Å². The molecule has 0 aliphatic carbocycles. The minimum absolute atomic E-state index is 0.420. The molecule has 0 aromatic heterocycles. The number of aliphatic hydroxyl groups is 2. The van der Waals surface area contributed by atoms with E-state index in [1.165, 1.54) is 13.4 Å². The number of alkyl halides is 1. The topological polar surface area (TPSA) is 58.9 Å². The van der Waals surface area contributed by atoms with Crippen LogP contribution in [0.5, 0.6) is 0 Å². The summed E-state index contributed by atoms with van der Waals surface area (Å²) < 4.78 is 9.91. The fourth-order valence-electron chi connectivity index (χ4n) is 1.04. The number of methoxy groups -OCH3 is 1. The molecular weight excluding hydrogens is 228 g/mol. The van der Waals surface area contributed by atoms with E-state index in [2.05, 4.69) is 15.9 Å². The van der Waals surface area contributed by atoms with Crippen molar-refractivity contribution in [2.75, 3.05) is 7.11 Å². The highest BCUT2D eigenvalue weighted by atomic mass is 79.9. The van der Waals surface area contributed by atoms with Gasteiger partial charge >= 0.3 is 0 Å². The molecule has 0 saturated carbocycles. The van der Waals surface area contributed by atoms with Gasteiger partial charge in [-0.3, -0.25) is 0 Å². The van der Waals surface area contributed by atoms with Gasteiger partial charge in [-0.05, 0) is 6.08 Å². The van der Waals surface area contributed by atoms with E-state index < -0.39 is 23.3 Å². The molecule has 0 spiro atoms. The molecule has 12 heavy (non-hydrogen) atoms. The number of aliphatic hydroxyl groups excluding tert-OH is 2. The first-order valence-electron chi connectivity index (χ1n) is 3.52. The molecule has 1 rings (SSSR count). The molecule has 1 aliphatic heterocycles. The van der Waals surface area contributed by atoms with Gasteiger partial charge in [0.25, 0.3) is 0 Å². The van der Waals surface area contributed by atoms with Gasteiger partial charge in [-0.25, -0.2) is 0 Å². The Labute approximate surface area is 78.9 Å². The summed E-state index contributed by atoms with van der Waals surface area (Å²) in [6, 6.07) is 0. The van der Waals surface area contributed by atoms with Crippen molar-refractivity contribution in [3.63, 3.8) is 0 Å². The molecule has 0 fully saturated rings. The molecule has 0 saturated heterocycles. The zero-order valence-electron chi connectivity index (χ0n) is 6.55. The van der Waals surface area contributed by atoms with E-state index in [4.69, 9.17) is 14.6 Å². The van der Waals surface area contributed by atoms with Gasteiger partial charge in [0.1, 0.15) is 17.2 Å². The molecule has 2 N–H and O–H groups in total. The van der Waals surface area contributed by atoms with Crippen LogP contribution in [0.3, 0.4) is 0 Å². The number of hydrogen-bond donors (Lipinski definition) is 2. The molecule has 1 heterocycles. The van der Waals surface area contributed by atoms with Crippen molar-refractivity contribution < 1.29 is 19.7 Å². The molecular formula is C7H11BrO4. The standard InChI is InChI=1S/C7H11BrO4/c1-11-4-2-3-12-6(5(4)9)7(8)10/h2-7,9-10H,1H3/t4-,5+,6+,7?/m1/s1. The smallest absolute Gasteiger partial charge is 0.162 e. The van der Waals surface area contributed by atoms with Crippen LogP contribution in [0.4, 0.5) is 0 Å². The lowest BCUT2D eigenvalue weighted by atomic mass is 10.1. The monoisotopic (exact) mass is 238 g/mol. The SMILES string of the molecule is CO[C@@H]1C=CO[C@H](C(O)Br)[C@H]1O. The van der Waals surface area contributed by atoms with Gasteiger partial charge in [0.15, 0.2) is 6.10 Å². The quantitative estimate of drug-likeness (QED) is 0.665. The zero-order valence-corrected chi connectivity index (χ0v) is 8.14. The van der Waals surface area contributed by atoms with Crippen molar-refractivity contribution in [2.45, 2.75) is 23.3 Å². The van der Waals surface area contributed by atoms with E-state index >= 15 is 0 Å². The predicted molar refractivity (Wildman–Crippen MR) is 45.8 cm³/mol. The summed E-state index contributed by atoms with van der Waals surface area (Å²) in [6.45, 7) is 0. The highest BCUT2D eigenvalue weighted by Gasteiger charge is 2.34. The molecule has 4 atom stereocenters. The second-order valence-electron chi connectivity index (χ2n) is 2.49. The average molecular weight is 239 g/mol. The first-order chi connectivity index (χ1) is 5.66. The van der Waals surface area contributed by atoms with Crippen molar-refractivity contribution >= 4 is 15.9 Å². The second kappa shape index (κ2) is 4.23. The molecule has 0 radical (unpaired) electrons. The predicted octanol–water partition coefficient (Wildman–Crippen LogP) is -0.0119. The van der Waals surface area contributed by atoms with Crippen LogP contribution >= 0.6 is 15.9 Å². The fourth-order valence-corrected chi connectivity index (χ4v) is 1.48. The molecule has 0 bridgehead atoms. The van der Waals surface area contributed by atoms with Crippen LogP contribution in [0.1, 0.15) is 0 Å². The lowest BCUT2D eigenvalue weighted by molar-refractivity contribution is -0.0977. The van der Waals surface area contributed by atoms with Gasteiger partial charge in [0, 0.05) is 7.11 Å². The second-order valence-corrected chi connectivity index (χ2v) is 3.43. The first kappa shape index (κ1) is 9.98. The molecule has 1 aliphatic rings. The van der Waals surface area contributed by atoms with Crippen LogP contribution in [0.25, 0.3) is 0 Å². The van der Waals surface area contributed by atoms with Gasteiger partial charge < -0.3 is 19.7 Å². The molecule has 70 valence electrons. The normalized spacial score (nSPS) is 37.5. The maximum absolute atomic E-state index is 9.51. The summed E-state index contributed by atoms with van der Waals surface area (Å²) in [6.07, 6.45) is 1.05. The van der Waals surface area contributed by atoms with Gasteiger partial charge in [-0.15, -0.1) is 0 Å². The summed E-state index contributed by atoms with van der Waals surface area (Å²) in [5, 5.41) is 17.7. The van der Waals surface area contributed by atoms with Gasteiger partial charge in [-0.2, -0.15) is 0 Å². The van der Waals surface area contributed by atoms with E-state index in [1.54, 1.807) is 6.08 Å². The van der Waals surface area contributed by atoms with E-state index in [9.17, 15) is 5.11 Å². The third-order valence-electron chi connectivity index (χ3n) is 1.72. The molecule has 5 heteroatoms. The summed E-state index contributed by atoms with van der Waals surface area (Å²) in [7, 11) is 1.49. The van der Waals surface area contributed by atoms with Gasteiger partial charge in [0.05, 0.1) is 6.26 Å². The highest BCUT2D eigenvalue weighted by molar-refractivity contribution is 9.09. The highest BCUT2D eigenvalue weighted by Crippen LogP contribution is 2.20. The molecule has 0 aromatic carbocycles. The fraction of sp³-hybridized carbons (Fsp3) is 0.714. The third-order valence-corrected chi connectivity index (χ3v) is 2.24. The van der Waals surface area contributed by atoms with E-state index in [0.717, 1.165) is 0 Å². The van der Waals surface area contributed by atoms with Gasteiger partial charge in [0.2, 0.25) is 0 Å². The van der Waals surface area contributed by atoms with Crippen molar-refractivity contribution in [1.82, 2.24) is 0 Å². The first-order valence-corrected chi connectivity index (χ1v) is 4.43. The Bertz CT molecular complexity index is 171. The minimum Gasteiger partial charge on any atom is -0.492 e. The Kier molecular flexibility index (Phi) is 3.52. The molecule has 0 amide bonds. The Balaban J connectivity index is 2.63. The number of halogens is 1. The summed E-state index contributed by atoms with van der Waals surface area (Å²) >= 11 is 2.91. The summed E-state index contributed by atoms with van der Waals surface area (Å²) in [5.74, 6) is 0. The van der Waals surface area contributed by atoms with Crippen LogP contribution in [0.2, 0.25) is 0 Å². The molecule has 4 nitrogen and oxygen atoms in total. The Hall–Kier alpha value is -0.100. The Morgan fingerprint density at radius 3 is 2.83 bits per heavy atom. The van der Waals surface area contributed by atoms with Gasteiger partial charge in [-0.1, -0.05) is 15.9 Å².